The van der Waals surface area contributed by atoms with Crippen molar-refractivity contribution in [1.82, 2.24) is 5.32 Å². The molecule has 0 saturated heterocycles. The molecule has 0 bridgehead atoms. The van der Waals surface area contributed by atoms with Crippen molar-refractivity contribution in [2.24, 2.45) is 0 Å². The number of carbonyl (C=O) groups excluding carboxylic acids is 3. The fourth-order valence-electron chi connectivity index (χ4n) is 1.99. The van der Waals surface area contributed by atoms with Gasteiger partial charge < -0.3 is 19.3 Å². The first-order chi connectivity index (χ1) is 12.4. The average molecular weight is 359 g/mol. The number of carbonyl (C=O) groups is 3. The average Bonchev–Trinajstić information content (AvgIpc) is 2.66. The van der Waals surface area contributed by atoms with E-state index in [0.717, 1.165) is 0 Å². The molecule has 2 aromatic rings. The van der Waals surface area contributed by atoms with Crippen LogP contribution >= 0.6 is 0 Å². The number of amides is 2. The van der Waals surface area contributed by atoms with Gasteiger partial charge in [-0.1, -0.05) is 0 Å². The summed E-state index contributed by atoms with van der Waals surface area (Å²) in [5.74, 6) is -1.77. The highest BCUT2D eigenvalue weighted by molar-refractivity contribution is 6.05. The van der Waals surface area contributed by atoms with Crippen LogP contribution in [0.2, 0.25) is 0 Å². The molecule has 0 atom stereocenters. The molecule has 0 fully saturated rings. The van der Waals surface area contributed by atoms with E-state index >= 15 is 0 Å². The third kappa shape index (κ3) is 4.73. The lowest BCUT2D eigenvalue weighted by Crippen LogP contribution is -2.34. The van der Waals surface area contributed by atoms with E-state index in [4.69, 9.17) is 14.2 Å². The second-order valence-electron chi connectivity index (χ2n) is 5.07. The Hall–Kier alpha value is -3.55. The first-order valence-electron chi connectivity index (χ1n) is 7.47. The van der Waals surface area contributed by atoms with Crippen molar-refractivity contribution in [2.75, 3.05) is 20.8 Å². The first kappa shape index (κ1) is 18.8. The Labute approximate surface area is 149 Å². The summed E-state index contributed by atoms with van der Waals surface area (Å²) < 4.78 is 14.7. The number of phenolic OH excluding ortho intramolecular Hbond substituents is 1. The van der Waals surface area contributed by atoms with Crippen molar-refractivity contribution >= 4 is 17.8 Å². The summed E-state index contributed by atoms with van der Waals surface area (Å²) in [7, 11) is 2.90. The second-order valence-corrected chi connectivity index (χ2v) is 5.07. The number of hydrogen-bond donors (Lipinski definition) is 2. The number of hydrogen-bond acceptors (Lipinski definition) is 7. The Morgan fingerprint density at radius 1 is 0.962 bits per heavy atom. The number of rotatable bonds is 6. The van der Waals surface area contributed by atoms with Gasteiger partial charge in [-0.3, -0.25) is 14.9 Å². The van der Waals surface area contributed by atoms with Gasteiger partial charge in [0.2, 0.25) is 0 Å². The summed E-state index contributed by atoms with van der Waals surface area (Å²) in [5.41, 5.74) is 0.0922. The second kappa shape index (κ2) is 8.52. The third-order valence-electron chi connectivity index (χ3n) is 3.36. The van der Waals surface area contributed by atoms with Crippen molar-refractivity contribution in [3.8, 4) is 17.2 Å². The Balaban J connectivity index is 1.91. The Morgan fingerprint density at radius 3 is 2.19 bits per heavy atom. The number of methoxy groups -OCH3 is 2. The highest BCUT2D eigenvalue weighted by Gasteiger charge is 2.17. The van der Waals surface area contributed by atoms with Gasteiger partial charge in [0.25, 0.3) is 11.8 Å². The van der Waals surface area contributed by atoms with Gasteiger partial charge in [-0.25, -0.2) is 4.79 Å². The number of ether oxygens (including phenoxy) is 3. The highest BCUT2D eigenvalue weighted by Crippen LogP contribution is 2.23. The molecule has 0 heterocycles. The molecule has 0 spiro atoms. The molecule has 26 heavy (non-hydrogen) atoms. The fourth-order valence-corrected chi connectivity index (χ4v) is 1.99. The molecule has 136 valence electrons. The van der Waals surface area contributed by atoms with Crippen molar-refractivity contribution in [1.29, 1.82) is 0 Å². The topological polar surface area (TPSA) is 111 Å². The molecule has 0 aliphatic carbocycles. The van der Waals surface area contributed by atoms with E-state index in [1.54, 1.807) is 12.1 Å². The molecule has 2 N–H and O–H groups in total. The Kier molecular flexibility index (Phi) is 6.15. The minimum absolute atomic E-state index is 0.154. The van der Waals surface area contributed by atoms with E-state index < -0.39 is 24.4 Å². The smallest absolute Gasteiger partial charge is 0.342 e. The van der Waals surface area contributed by atoms with Gasteiger partial charge in [-0.2, -0.15) is 0 Å². The molecule has 2 rings (SSSR count). The summed E-state index contributed by atoms with van der Waals surface area (Å²) in [6.45, 7) is -0.683. The molecule has 8 heteroatoms. The van der Waals surface area contributed by atoms with Crippen LogP contribution in [0.1, 0.15) is 20.7 Å². The van der Waals surface area contributed by atoms with Gasteiger partial charge in [-0.15, -0.1) is 0 Å². The van der Waals surface area contributed by atoms with Gasteiger partial charge in [0, 0.05) is 5.56 Å². The van der Waals surface area contributed by atoms with Gasteiger partial charge >= 0.3 is 5.97 Å². The van der Waals surface area contributed by atoms with Crippen LogP contribution < -0.4 is 14.8 Å². The Morgan fingerprint density at radius 2 is 1.58 bits per heavy atom. The molecule has 2 aromatic carbocycles. The number of aromatic hydroxyl groups is 1. The summed E-state index contributed by atoms with van der Waals surface area (Å²) in [5, 5.41) is 11.8. The lowest BCUT2D eigenvalue weighted by atomic mass is 10.2. The fraction of sp³-hybridized carbons (Fsp3) is 0.167. The largest absolute Gasteiger partial charge is 0.507 e. The minimum atomic E-state index is -0.923. The van der Waals surface area contributed by atoms with Crippen molar-refractivity contribution in [3.63, 3.8) is 0 Å². The molecule has 0 saturated carbocycles. The van der Waals surface area contributed by atoms with Crippen LogP contribution in [-0.2, 0) is 9.53 Å². The van der Waals surface area contributed by atoms with E-state index in [9.17, 15) is 19.5 Å². The van der Waals surface area contributed by atoms with Gasteiger partial charge in [-0.05, 0) is 42.5 Å². The maximum Gasteiger partial charge on any atom is 0.342 e. The molecule has 0 radical (unpaired) electrons. The normalized spacial score (nSPS) is 9.92. The number of imide groups is 1. The number of benzene rings is 2. The van der Waals surface area contributed by atoms with Crippen LogP contribution in [0, 0.1) is 0 Å². The maximum atomic E-state index is 11.9. The molecule has 0 unspecified atom stereocenters. The third-order valence-corrected chi connectivity index (χ3v) is 3.36. The van der Waals surface area contributed by atoms with E-state index in [2.05, 4.69) is 5.32 Å². The van der Waals surface area contributed by atoms with E-state index in [1.165, 1.54) is 44.6 Å². The lowest BCUT2D eigenvalue weighted by molar-refractivity contribution is -0.123. The first-order valence-corrected chi connectivity index (χ1v) is 7.47. The van der Waals surface area contributed by atoms with Gasteiger partial charge in [0.05, 0.1) is 14.2 Å². The quantitative estimate of drug-likeness (QED) is 0.752. The summed E-state index contributed by atoms with van der Waals surface area (Å²) in [6, 6.07) is 10.1. The number of nitrogens with one attached hydrogen (secondary N) is 1. The van der Waals surface area contributed by atoms with Gasteiger partial charge in [0.15, 0.2) is 6.61 Å². The summed E-state index contributed by atoms with van der Waals surface area (Å²) in [6.07, 6.45) is 0. The van der Waals surface area contributed by atoms with E-state index in [0.29, 0.717) is 11.5 Å². The van der Waals surface area contributed by atoms with Crippen LogP contribution in [0.15, 0.2) is 42.5 Å². The molecular formula is C18H17NO7. The zero-order valence-corrected chi connectivity index (χ0v) is 14.1. The number of esters is 1. The molecule has 0 aliphatic heterocycles. The summed E-state index contributed by atoms with van der Waals surface area (Å²) >= 11 is 0. The molecule has 0 aliphatic rings. The SMILES string of the molecule is COc1ccc(C(=O)NC(=O)COC(=O)c2cc(OC)ccc2O)cc1. The van der Waals surface area contributed by atoms with E-state index in [-0.39, 0.29) is 16.9 Å². The minimum Gasteiger partial charge on any atom is -0.507 e. The van der Waals surface area contributed by atoms with Crippen LogP contribution in [0.4, 0.5) is 0 Å². The highest BCUT2D eigenvalue weighted by atomic mass is 16.5. The molecule has 0 aromatic heterocycles. The van der Waals surface area contributed by atoms with E-state index in [1.807, 2.05) is 0 Å². The van der Waals surface area contributed by atoms with Crippen LogP contribution in [0.25, 0.3) is 0 Å². The van der Waals surface area contributed by atoms with Crippen LogP contribution in [-0.4, -0.2) is 43.7 Å². The van der Waals surface area contributed by atoms with Crippen molar-refractivity contribution in [2.45, 2.75) is 0 Å². The molecule has 2 amide bonds. The van der Waals surface area contributed by atoms with Crippen LogP contribution in [0.3, 0.4) is 0 Å². The Bertz CT molecular complexity index is 815. The van der Waals surface area contributed by atoms with Crippen molar-refractivity contribution in [3.05, 3.63) is 53.6 Å². The maximum absolute atomic E-state index is 11.9. The summed E-state index contributed by atoms with van der Waals surface area (Å²) in [4.78, 5) is 35.7. The predicted molar refractivity (Wildman–Crippen MR) is 90.4 cm³/mol. The number of phenols is 1. The monoisotopic (exact) mass is 359 g/mol. The lowest BCUT2D eigenvalue weighted by Gasteiger charge is -2.08. The molecular weight excluding hydrogens is 342 g/mol. The standard InChI is InChI=1S/C18H17NO7/c1-24-12-5-3-11(4-6-12)17(22)19-16(21)10-26-18(23)14-9-13(25-2)7-8-15(14)20/h3-9,20H,10H2,1-2H3,(H,19,21,22). The predicted octanol–water partition coefficient (Wildman–Crippen LogP) is 1.52. The van der Waals surface area contributed by atoms with Gasteiger partial charge in [0.1, 0.15) is 22.8 Å². The van der Waals surface area contributed by atoms with Crippen LogP contribution in [0.5, 0.6) is 17.2 Å². The molecule has 8 nitrogen and oxygen atoms in total. The zero-order chi connectivity index (χ0) is 19.1. The zero-order valence-electron chi connectivity index (χ0n) is 14.1. The van der Waals surface area contributed by atoms with Crippen molar-refractivity contribution < 1.29 is 33.7 Å².